The van der Waals surface area contributed by atoms with Crippen LogP contribution >= 0.6 is 23.1 Å². The Kier molecular flexibility index (Phi) is 4.82. The van der Waals surface area contributed by atoms with Crippen LogP contribution < -0.4 is 15.0 Å². The van der Waals surface area contributed by atoms with E-state index in [2.05, 4.69) is 20.2 Å². The zero-order chi connectivity index (χ0) is 18.8. The van der Waals surface area contributed by atoms with Gasteiger partial charge >= 0.3 is 0 Å². The zero-order valence-electron chi connectivity index (χ0n) is 14.4. The summed E-state index contributed by atoms with van der Waals surface area (Å²) in [4.78, 5) is 19.2. The quantitative estimate of drug-likeness (QED) is 0.490. The summed E-state index contributed by atoms with van der Waals surface area (Å²) >= 11 is 2.66. The third-order valence-electron chi connectivity index (χ3n) is 3.74. The van der Waals surface area contributed by atoms with Crippen molar-refractivity contribution in [2.24, 2.45) is 0 Å². The van der Waals surface area contributed by atoms with Gasteiger partial charge in [-0.25, -0.2) is 4.98 Å². The number of nitrogens with one attached hydrogen (secondary N) is 1. The van der Waals surface area contributed by atoms with Gasteiger partial charge in [-0.1, -0.05) is 11.8 Å². The number of methoxy groups -OCH3 is 2. The van der Waals surface area contributed by atoms with Crippen molar-refractivity contribution in [3.63, 3.8) is 0 Å². The summed E-state index contributed by atoms with van der Waals surface area (Å²) in [5.74, 6) is 2.54. The van der Waals surface area contributed by atoms with Crippen LogP contribution in [-0.2, 0) is 5.75 Å². The summed E-state index contributed by atoms with van der Waals surface area (Å²) < 4.78 is 16.9. The lowest BCUT2D eigenvalue weighted by Crippen LogP contribution is -2.09. The van der Waals surface area contributed by atoms with Gasteiger partial charge in [-0.3, -0.25) is 4.79 Å². The number of thioether (sulfide) groups is 1. The van der Waals surface area contributed by atoms with E-state index in [4.69, 9.17) is 13.9 Å². The van der Waals surface area contributed by atoms with E-state index in [-0.39, 0.29) is 5.56 Å². The van der Waals surface area contributed by atoms with Crippen LogP contribution in [0.15, 0.2) is 44.1 Å². The number of hydrogen-bond donors (Lipinski definition) is 1. The second kappa shape index (κ2) is 7.41. The lowest BCUT2D eigenvalue weighted by Gasteiger charge is -2.07. The van der Waals surface area contributed by atoms with E-state index in [1.807, 2.05) is 11.4 Å². The minimum atomic E-state index is -0.139. The van der Waals surface area contributed by atoms with Crippen LogP contribution in [0.5, 0.6) is 11.5 Å². The number of nitrogens with zero attached hydrogens (tertiary/aromatic N) is 3. The topological polar surface area (TPSA) is 103 Å². The Balaban J connectivity index is 1.53. The highest BCUT2D eigenvalue weighted by molar-refractivity contribution is 7.98. The monoisotopic (exact) mass is 402 g/mol. The van der Waals surface area contributed by atoms with Crippen molar-refractivity contribution in [3.05, 3.63) is 45.8 Å². The van der Waals surface area contributed by atoms with Gasteiger partial charge in [-0.05, 0) is 23.6 Å². The van der Waals surface area contributed by atoms with Crippen LogP contribution in [0.2, 0.25) is 0 Å². The van der Waals surface area contributed by atoms with Gasteiger partial charge in [0.15, 0.2) is 0 Å². The number of aromatic amines is 1. The molecule has 0 saturated carbocycles. The second-order valence-electron chi connectivity index (χ2n) is 5.38. The number of hydrogen-bond acceptors (Lipinski definition) is 9. The number of ether oxygens (including phenoxy) is 2. The molecule has 0 fully saturated rings. The molecule has 0 bridgehead atoms. The average Bonchev–Trinajstić information content (AvgIpc) is 3.35. The fourth-order valence-electron chi connectivity index (χ4n) is 2.47. The van der Waals surface area contributed by atoms with Gasteiger partial charge in [-0.2, -0.15) is 0 Å². The minimum Gasteiger partial charge on any atom is -0.497 e. The van der Waals surface area contributed by atoms with E-state index in [0.717, 1.165) is 0 Å². The summed E-state index contributed by atoms with van der Waals surface area (Å²) in [5.41, 5.74) is 1.22. The van der Waals surface area contributed by atoms with Crippen LogP contribution in [0.3, 0.4) is 0 Å². The van der Waals surface area contributed by atoms with Crippen molar-refractivity contribution < 1.29 is 13.9 Å². The fourth-order valence-corrected chi connectivity index (χ4v) is 3.83. The highest BCUT2D eigenvalue weighted by atomic mass is 32.2. The van der Waals surface area contributed by atoms with Gasteiger partial charge in [0.25, 0.3) is 16.7 Å². The molecule has 0 amide bonds. The Morgan fingerprint density at radius 2 is 2.11 bits per heavy atom. The van der Waals surface area contributed by atoms with Crippen LogP contribution in [-0.4, -0.2) is 34.4 Å². The molecule has 0 radical (unpaired) electrons. The SMILES string of the molecule is COc1ccc(-c2nnc(SCc3nc4ccsc4c(=O)[nH]3)o2)c(OC)c1. The Morgan fingerprint density at radius 3 is 2.93 bits per heavy atom. The molecule has 8 nitrogen and oxygen atoms in total. The molecule has 10 heteroatoms. The predicted octanol–water partition coefficient (Wildman–Crippen LogP) is 3.34. The zero-order valence-corrected chi connectivity index (χ0v) is 16.0. The molecule has 4 aromatic rings. The first-order valence-corrected chi connectivity index (χ1v) is 9.69. The van der Waals surface area contributed by atoms with Gasteiger partial charge in [-0.15, -0.1) is 21.5 Å². The molecular formula is C17H14N4O4S2. The molecule has 0 spiro atoms. The van der Waals surface area contributed by atoms with Gasteiger partial charge in [0.05, 0.1) is 31.1 Å². The molecule has 138 valence electrons. The van der Waals surface area contributed by atoms with Crippen molar-refractivity contribution in [1.29, 1.82) is 0 Å². The number of benzene rings is 1. The molecular weight excluding hydrogens is 388 g/mol. The number of thiophene rings is 1. The van der Waals surface area contributed by atoms with E-state index < -0.39 is 0 Å². The highest BCUT2D eigenvalue weighted by Gasteiger charge is 2.15. The highest BCUT2D eigenvalue weighted by Crippen LogP contribution is 2.34. The maximum Gasteiger partial charge on any atom is 0.277 e. The molecule has 0 atom stereocenters. The third kappa shape index (κ3) is 3.53. The molecule has 3 aromatic heterocycles. The molecule has 0 unspecified atom stereocenters. The molecule has 1 N–H and O–H groups in total. The Morgan fingerprint density at radius 1 is 1.22 bits per heavy atom. The Labute approximate surface area is 161 Å². The number of aromatic nitrogens is 4. The van der Waals surface area contributed by atoms with E-state index in [9.17, 15) is 4.79 Å². The lowest BCUT2D eigenvalue weighted by atomic mass is 10.2. The molecule has 4 rings (SSSR count). The maximum atomic E-state index is 12.0. The Bertz CT molecular complexity index is 1150. The number of fused-ring (bicyclic) bond motifs is 1. The second-order valence-corrected chi connectivity index (χ2v) is 7.22. The van der Waals surface area contributed by atoms with Crippen molar-refractivity contribution in [2.45, 2.75) is 11.0 Å². The summed E-state index contributed by atoms with van der Waals surface area (Å²) in [5, 5.41) is 10.3. The summed E-state index contributed by atoms with van der Waals surface area (Å²) in [6.07, 6.45) is 0. The third-order valence-corrected chi connectivity index (χ3v) is 5.47. The van der Waals surface area contributed by atoms with Crippen molar-refractivity contribution in [3.8, 4) is 23.0 Å². The molecule has 0 aliphatic rings. The summed E-state index contributed by atoms with van der Waals surface area (Å²) in [7, 11) is 3.15. The van der Waals surface area contributed by atoms with E-state index in [1.165, 1.54) is 23.1 Å². The van der Waals surface area contributed by atoms with Crippen LogP contribution in [0.4, 0.5) is 0 Å². The normalized spacial score (nSPS) is 11.0. The molecule has 27 heavy (non-hydrogen) atoms. The molecule has 3 heterocycles. The lowest BCUT2D eigenvalue weighted by molar-refractivity contribution is 0.393. The van der Waals surface area contributed by atoms with E-state index >= 15 is 0 Å². The van der Waals surface area contributed by atoms with Crippen molar-refractivity contribution in [2.75, 3.05) is 14.2 Å². The maximum absolute atomic E-state index is 12.0. The van der Waals surface area contributed by atoms with Crippen LogP contribution in [0, 0.1) is 0 Å². The molecule has 1 aromatic carbocycles. The van der Waals surface area contributed by atoms with Crippen molar-refractivity contribution in [1.82, 2.24) is 20.2 Å². The average molecular weight is 402 g/mol. The van der Waals surface area contributed by atoms with Gasteiger partial charge in [0, 0.05) is 6.07 Å². The number of rotatable bonds is 6. The van der Waals surface area contributed by atoms with E-state index in [0.29, 0.717) is 50.0 Å². The summed E-state index contributed by atoms with van der Waals surface area (Å²) in [6, 6.07) is 7.16. The molecule has 0 saturated heterocycles. The minimum absolute atomic E-state index is 0.139. The standard InChI is InChI=1S/C17H14N4O4S2/c1-23-9-3-4-10(12(7-9)24-2)16-20-21-17(25-16)27-8-13-18-11-5-6-26-14(11)15(22)19-13/h3-7H,8H2,1-2H3,(H,18,19,22). The first kappa shape index (κ1) is 17.6. The molecule has 0 aliphatic heterocycles. The Hall–Kier alpha value is -2.85. The first-order valence-electron chi connectivity index (χ1n) is 7.83. The largest absolute Gasteiger partial charge is 0.497 e. The van der Waals surface area contributed by atoms with Crippen molar-refractivity contribution >= 4 is 33.3 Å². The van der Waals surface area contributed by atoms with Crippen LogP contribution in [0.25, 0.3) is 21.7 Å². The summed E-state index contributed by atoms with van der Waals surface area (Å²) in [6.45, 7) is 0. The molecule has 0 aliphatic carbocycles. The van der Waals surface area contributed by atoms with Gasteiger partial charge < -0.3 is 18.9 Å². The van der Waals surface area contributed by atoms with Gasteiger partial charge in [0.2, 0.25) is 0 Å². The van der Waals surface area contributed by atoms with Gasteiger partial charge in [0.1, 0.15) is 22.0 Å². The smallest absolute Gasteiger partial charge is 0.277 e. The van der Waals surface area contributed by atoms with E-state index in [1.54, 1.807) is 32.4 Å². The fraction of sp³-hybridized carbons (Fsp3) is 0.176. The number of H-pyrrole nitrogens is 1. The predicted molar refractivity (Wildman–Crippen MR) is 103 cm³/mol. The first-order chi connectivity index (χ1) is 13.2. The van der Waals surface area contributed by atoms with Crippen LogP contribution in [0.1, 0.15) is 5.82 Å².